The maximum absolute atomic E-state index is 13.4. The summed E-state index contributed by atoms with van der Waals surface area (Å²) in [5, 5.41) is 10.0. The van der Waals surface area contributed by atoms with Crippen LogP contribution < -0.4 is 11.2 Å². The van der Waals surface area contributed by atoms with E-state index in [4.69, 9.17) is 14.2 Å². The third-order valence-electron chi connectivity index (χ3n) is 4.00. The number of ether oxygens (including phenoxy) is 3. The number of halogens is 1. The highest BCUT2D eigenvalue weighted by Crippen LogP contribution is 2.27. The van der Waals surface area contributed by atoms with E-state index in [1.807, 2.05) is 35.3 Å². The van der Waals surface area contributed by atoms with Crippen LogP contribution in [-0.4, -0.2) is 40.3 Å². The number of H-pyrrole nitrogens is 1. The Bertz CT molecular complexity index is 837. The van der Waals surface area contributed by atoms with E-state index in [0.29, 0.717) is 6.61 Å². The van der Waals surface area contributed by atoms with Crippen LogP contribution in [0.1, 0.15) is 18.2 Å². The Morgan fingerprint density at radius 2 is 2.04 bits per heavy atom. The number of nitrogens with one attached hydrogen (secondary N) is 1. The van der Waals surface area contributed by atoms with Crippen molar-refractivity contribution in [1.82, 2.24) is 9.55 Å². The van der Waals surface area contributed by atoms with Crippen LogP contribution in [0.3, 0.4) is 0 Å². The first-order valence-corrected chi connectivity index (χ1v) is 8.08. The zero-order chi connectivity index (χ0) is 18.5. The van der Waals surface area contributed by atoms with Gasteiger partial charge < -0.3 is 19.3 Å². The number of nitrogens with zero attached hydrogens (tertiary/aromatic N) is 1. The summed E-state index contributed by atoms with van der Waals surface area (Å²) in [5.74, 6) is -1.10. The monoisotopic (exact) mass is 366 g/mol. The maximum Gasteiger partial charge on any atom is 0.330 e. The molecule has 1 fully saturated rings. The minimum absolute atomic E-state index is 0.0133. The largest absolute Gasteiger partial charge is 0.390 e. The molecule has 1 aromatic heterocycles. The summed E-state index contributed by atoms with van der Waals surface area (Å²) in [7, 11) is 0. The fourth-order valence-corrected chi connectivity index (χ4v) is 2.67. The summed E-state index contributed by atoms with van der Waals surface area (Å²) in [6.45, 7) is 0.454. The molecular weight excluding hydrogens is 347 g/mol. The van der Waals surface area contributed by atoms with E-state index in [1.165, 1.54) is 0 Å². The average molecular weight is 366 g/mol. The average Bonchev–Trinajstić information content (AvgIpc) is 2.99. The fraction of sp³-hybridized carbons (Fsp3) is 0.412. The third kappa shape index (κ3) is 4.44. The van der Waals surface area contributed by atoms with E-state index < -0.39 is 35.5 Å². The van der Waals surface area contributed by atoms with Gasteiger partial charge in [-0.1, -0.05) is 30.3 Å². The Kier molecular flexibility index (Phi) is 5.94. The lowest BCUT2D eigenvalue weighted by Gasteiger charge is -2.16. The number of hydrogen-bond acceptors (Lipinski definition) is 6. The van der Waals surface area contributed by atoms with Crippen LogP contribution in [0, 0.1) is 5.82 Å². The van der Waals surface area contributed by atoms with Crippen molar-refractivity contribution >= 4 is 0 Å². The van der Waals surface area contributed by atoms with Gasteiger partial charge in [-0.25, -0.2) is 4.79 Å². The molecule has 3 rings (SSSR count). The minimum atomic E-state index is -1.10. The SMILES string of the molecule is O=c1[nH]c(=O)n(C2CC(O)C(COCOCc3ccccc3)O2)cc1F. The normalized spacial score (nSPS) is 22.6. The van der Waals surface area contributed by atoms with Gasteiger partial charge in [-0.3, -0.25) is 14.3 Å². The molecule has 2 aromatic rings. The van der Waals surface area contributed by atoms with Crippen molar-refractivity contribution in [2.24, 2.45) is 0 Å². The molecule has 0 amide bonds. The highest BCUT2D eigenvalue weighted by molar-refractivity contribution is 5.13. The summed E-state index contributed by atoms with van der Waals surface area (Å²) < 4.78 is 30.5. The van der Waals surface area contributed by atoms with Crippen LogP contribution in [0.4, 0.5) is 4.39 Å². The Morgan fingerprint density at radius 3 is 2.81 bits per heavy atom. The number of aromatic amines is 1. The molecule has 0 bridgehead atoms. The quantitative estimate of drug-likeness (QED) is 0.547. The van der Waals surface area contributed by atoms with Gasteiger partial charge in [-0.2, -0.15) is 4.39 Å². The van der Waals surface area contributed by atoms with Crippen molar-refractivity contribution in [2.75, 3.05) is 13.4 Å². The second-order valence-corrected chi connectivity index (χ2v) is 5.90. The maximum atomic E-state index is 13.4. The van der Waals surface area contributed by atoms with Crippen molar-refractivity contribution in [3.8, 4) is 0 Å². The topological polar surface area (TPSA) is 103 Å². The van der Waals surface area contributed by atoms with Crippen molar-refractivity contribution < 1.29 is 23.7 Å². The molecule has 0 radical (unpaired) electrons. The molecule has 0 spiro atoms. The lowest BCUT2D eigenvalue weighted by Crippen LogP contribution is -2.34. The molecule has 3 atom stereocenters. The summed E-state index contributed by atoms with van der Waals surface area (Å²) in [6.07, 6.45) is -1.63. The highest BCUT2D eigenvalue weighted by atomic mass is 19.1. The van der Waals surface area contributed by atoms with Crippen LogP contribution in [-0.2, 0) is 20.8 Å². The lowest BCUT2D eigenvalue weighted by atomic mass is 10.2. The predicted octanol–water partition coefficient (Wildman–Crippen LogP) is 0.515. The standard InChI is InChI=1S/C17H19FN2O6/c18-12-7-20(17(23)19-16(12)22)15-6-13(21)14(26-15)9-25-10-24-8-11-4-2-1-3-5-11/h1-5,7,13-15,21H,6,8-10H2,(H,19,22,23). The molecular formula is C17H19FN2O6. The van der Waals surface area contributed by atoms with Gasteiger partial charge >= 0.3 is 5.69 Å². The minimum Gasteiger partial charge on any atom is -0.390 e. The van der Waals surface area contributed by atoms with Gasteiger partial charge in [-0.05, 0) is 5.56 Å². The summed E-state index contributed by atoms with van der Waals surface area (Å²) >= 11 is 0. The molecule has 1 saturated heterocycles. The molecule has 2 N–H and O–H groups in total. The first-order chi connectivity index (χ1) is 12.5. The van der Waals surface area contributed by atoms with Gasteiger partial charge in [0.05, 0.1) is 25.5 Å². The van der Waals surface area contributed by atoms with Crippen molar-refractivity contribution in [2.45, 2.75) is 31.5 Å². The van der Waals surface area contributed by atoms with Gasteiger partial charge in [-0.15, -0.1) is 0 Å². The number of hydrogen-bond donors (Lipinski definition) is 2. The Labute approximate surface area is 147 Å². The fourth-order valence-electron chi connectivity index (χ4n) is 2.67. The van der Waals surface area contributed by atoms with E-state index in [0.717, 1.165) is 16.3 Å². The molecule has 1 aliphatic heterocycles. The summed E-state index contributed by atoms with van der Waals surface area (Å²) in [5.41, 5.74) is -0.894. The Morgan fingerprint density at radius 1 is 1.27 bits per heavy atom. The number of rotatable bonds is 7. The molecule has 8 nitrogen and oxygen atoms in total. The van der Waals surface area contributed by atoms with Gasteiger partial charge in [0.2, 0.25) is 5.82 Å². The molecule has 0 aliphatic carbocycles. The van der Waals surface area contributed by atoms with Gasteiger partial charge in [0.15, 0.2) is 0 Å². The molecule has 3 unspecified atom stereocenters. The van der Waals surface area contributed by atoms with Crippen molar-refractivity contribution in [3.63, 3.8) is 0 Å². The zero-order valence-electron chi connectivity index (χ0n) is 13.8. The second kappa shape index (κ2) is 8.37. The summed E-state index contributed by atoms with van der Waals surface area (Å²) in [6, 6.07) is 9.58. The van der Waals surface area contributed by atoms with E-state index >= 15 is 0 Å². The van der Waals surface area contributed by atoms with Crippen LogP contribution in [0.2, 0.25) is 0 Å². The van der Waals surface area contributed by atoms with Gasteiger partial charge in [0.1, 0.15) is 19.1 Å². The van der Waals surface area contributed by atoms with Crippen LogP contribution in [0.25, 0.3) is 0 Å². The van der Waals surface area contributed by atoms with E-state index in [9.17, 15) is 19.1 Å². The van der Waals surface area contributed by atoms with Crippen molar-refractivity contribution in [1.29, 1.82) is 0 Å². The van der Waals surface area contributed by atoms with Crippen LogP contribution in [0.5, 0.6) is 0 Å². The van der Waals surface area contributed by atoms with E-state index in [-0.39, 0.29) is 19.8 Å². The zero-order valence-corrected chi connectivity index (χ0v) is 13.8. The molecule has 0 saturated carbocycles. The van der Waals surface area contributed by atoms with Gasteiger partial charge in [0.25, 0.3) is 5.56 Å². The van der Waals surface area contributed by atoms with Crippen molar-refractivity contribution in [3.05, 3.63) is 68.7 Å². The molecule has 2 heterocycles. The number of aliphatic hydroxyl groups excluding tert-OH is 1. The molecule has 140 valence electrons. The van der Waals surface area contributed by atoms with Crippen LogP contribution in [0.15, 0.2) is 46.1 Å². The third-order valence-corrected chi connectivity index (χ3v) is 4.00. The van der Waals surface area contributed by atoms with E-state index in [2.05, 4.69) is 0 Å². The molecule has 1 aliphatic rings. The molecule has 9 heteroatoms. The second-order valence-electron chi connectivity index (χ2n) is 5.90. The van der Waals surface area contributed by atoms with Gasteiger partial charge in [0, 0.05) is 6.42 Å². The van der Waals surface area contributed by atoms with Crippen LogP contribution >= 0.6 is 0 Å². The summed E-state index contributed by atoms with van der Waals surface area (Å²) in [4.78, 5) is 24.7. The predicted molar refractivity (Wildman–Crippen MR) is 87.9 cm³/mol. The smallest absolute Gasteiger partial charge is 0.330 e. The number of aliphatic hydroxyl groups is 1. The first kappa shape index (κ1) is 18.5. The molecule has 26 heavy (non-hydrogen) atoms. The Balaban J connectivity index is 1.48. The molecule has 1 aromatic carbocycles. The lowest BCUT2D eigenvalue weighted by molar-refractivity contribution is -0.115. The Hall–Kier alpha value is -2.33. The first-order valence-electron chi connectivity index (χ1n) is 8.08. The number of aromatic nitrogens is 2. The van der Waals surface area contributed by atoms with E-state index in [1.54, 1.807) is 0 Å². The highest BCUT2D eigenvalue weighted by Gasteiger charge is 2.35. The number of benzene rings is 1.